The molecule has 0 aliphatic heterocycles. The van der Waals surface area contributed by atoms with Crippen LogP contribution in [0.3, 0.4) is 0 Å². The van der Waals surface area contributed by atoms with Gasteiger partial charge in [0.15, 0.2) is 5.78 Å². The summed E-state index contributed by atoms with van der Waals surface area (Å²) in [5.41, 5.74) is 2.38. The molecule has 0 aromatic heterocycles. The van der Waals surface area contributed by atoms with Gasteiger partial charge in [-0.15, -0.1) is 0 Å². The third kappa shape index (κ3) is 7.22. The van der Waals surface area contributed by atoms with E-state index in [9.17, 15) is 22.4 Å². The van der Waals surface area contributed by atoms with E-state index >= 15 is 0 Å². The Morgan fingerprint density at radius 3 is 2.10 bits per heavy atom. The SMILES string of the molecule is CCOc1ccc(S(=O)(=O)N(CC(=O)Nc2cccc(C(=O)c3ccc(C(C)(C)C)cc3)c2)c2ccc(F)cc2)cc1. The van der Waals surface area contributed by atoms with Crippen LogP contribution in [0.1, 0.15) is 49.2 Å². The Kier molecular flexibility index (Phi) is 9.11. The lowest BCUT2D eigenvalue weighted by atomic mass is 9.86. The van der Waals surface area contributed by atoms with E-state index in [0.717, 1.165) is 22.0 Å². The molecule has 42 heavy (non-hydrogen) atoms. The fourth-order valence-electron chi connectivity index (χ4n) is 4.28. The highest BCUT2D eigenvalue weighted by molar-refractivity contribution is 7.92. The molecule has 0 heterocycles. The lowest BCUT2D eigenvalue weighted by Gasteiger charge is -2.24. The molecule has 1 amide bonds. The van der Waals surface area contributed by atoms with Crippen LogP contribution in [0.2, 0.25) is 0 Å². The molecule has 0 atom stereocenters. The molecule has 0 radical (unpaired) electrons. The second kappa shape index (κ2) is 12.6. The van der Waals surface area contributed by atoms with E-state index in [-0.39, 0.29) is 21.8 Å². The number of ketones is 1. The molecule has 4 rings (SSSR count). The minimum Gasteiger partial charge on any atom is -0.494 e. The highest BCUT2D eigenvalue weighted by atomic mass is 32.2. The van der Waals surface area contributed by atoms with Crippen molar-refractivity contribution in [1.82, 2.24) is 0 Å². The second-order valence-corrected chi connectivity index (χ2v) is 12.5. The van der Waals surface area contributed by atoms with Gasteiger partial charge in [0.05, 0.1) is 17.2 Å². The highest BCUT2D eigenvalue weighted by Gasteiger charge is 2.27. The van der Waals surface area contributed by atoms with Gasteiger partial charge in [0.1, 0.15) is 18.1 Å². The number of nitrogens with zero attached hydrogens (tertiary/aromatic N) is 1. The van der Waals surface area contributed by atoms with Crippen molar-refractivity contribution in [1.29, 1.82) is 0 Å². The Labute approximate surface area is 246 Å². The molecule has 218 valence electrons. The summed E-state index contributed by atoms with van der Waals surface area (Å²) in [6.07, 6.45) is 0. The first-order valence-corrected chi connectivity index (χ1v) is 14.9. The lowest BCUT2D eigenvalue weighted by molar-refractivity contribution is -0.114. The minimum absolute atomic E-state index is 0.0476. The fourth-order valence-corrected chi connectivity index (χ4v) is 5.70. The van der Waals surface area contributed by atoms with Gasteiger partial charge in [0.25, 0.3) is 10.0 Å². The summed E-state index contributed by atoms with van der Waals surface area (Å²) < 4.78 is 47.2. The summed E-state index contributed by atoms with van der Waals surface area (Å²) >= 11 is 0. The van der Waals surface area contributed by atoms with E-state index in [1.165, 1.54) is 36.4 Å². The molecule has 0 unspecified atom stereocenters. The molecule has 0 spiro atoms. The lowest BCUT2D eigenvalue weighted by Crippen LogP contribution is -2.38. The monoisotopic (exact) mass is 588 g/mol. The van der Waals surface area contributed by atoms with Crippen LogP contribution in [-0.2, 0) is 20.2 Å². The minimum atomic E-state index is -4.22. The van der Waals surface area contributed by atoms with Gasteiger partial charge >= 0.3 is 0 Å². The van der Waals surface area contributed by atoms with Crippen molar-refractivity contribution in [2.45, 2.75) is 38.0 Å². The summed E-state index contributed by atoms with van der Waals surface area (Å²) in [6.45, 7) is 7.93. The molecule has 0 saturated carbocycles. The van der Waals surface area contributed by atoms with Crippen LogP contribution in [0.4, 0.5) is 15.8 Å². The number of ether oxygens (including phenoxy) is 1. The van der Waals surface area contributed by atoms with Gasteiger partial charge in [0, 0.05) is 16.8 Å². The first-order valence-electron chi connectivity index (χ1n) is 13.4. The molecular formula is C33H33FN2O5S. The maximum Gasteiger partial charge on any atom is 0.264 e. The summed E-state index contributed by atoms with van der Waals surface area (Å²) in [5.74, 6) is -0.899. The zero-order valence-electron chi connectivity index (χ0n) is 23.9. The molecule has 4 aromatic rings. The fraction of sp³-hybridized carbons (Fsp3) is 0.212. The van der Waals surface area contributed by atoms with E-state index in [2.05, 4.69) is 26.1 Å². The van der Waals surface area contributed by atoms with E-state index in [4.69, 9.17) is 4.74 Å². The van der Waals surface area contributed by atoms with Gasteiger partial charge in [-0.25, -0.2) is 12.8 Å². The Morgan fingerprint density at radius 2 is 1.50 bits per heavy atom. The number of anilines is 2. The quantitative estimate of drug-likeness (QED) is 0.211. The Hall–Kier alpha value is -4.50. The van der Waals surface area contributed by atoms with Gasteiger partial charge in [-0.2, -0.15) is 0 Å². The molecule has 0 bridgehead atoms. The van der Waals surface area contributed by atoms with Gasteiger partial charge < -0.3 is 10.1 Å². The Balaban J connectivity index is 1.56. The smallest absolute Gasteiger partial charge is 0.264 e. The van der Waals surface area contributed by atoms with Crippen LogP contribution in [-0.4, -0.2) is 33.3 Å². The molecule has 1 N–H and O–H groups in total. The normalized spacial score (nSPS) is 11.5. The van der Waals surface area contributed by atoms with Crippen molar-refractivity contribution < 1.29 is 27.1 Å². The Bertz CT molecular complexity index is 1660. The number of sulfonamides is 1. The van der Waals surface area contributed by atoms with Gasteiger partial charge in [-0.1, -0.05) is 57.2 Å². The van der Waals surface area contributed by atoms with Crippen molar-refractivity contribution in [3.63, 3.8) is 0 Å². The van der Waals surface area contributed by atoms with Crippen molar-refractivity contribution in [3.8, 4) is 5.75 Å². The number of carbonyl (C=O) groups is 2. The van der Waals surface area contributed by atoms with Crippen molar-refractivity contribution in [2.75, 3.05) is 22.8 Å². The number of amides is 1. The number of nitrogens with one attached hydrogen (secondary N) is 1. The standard InChI is InChI=1S/C33H33FN2O5S/c1-5-41-29-17-19-30(20-18-29)42(39,40)36(28-15-13-26(34)14-16-28)22-31(37)35-27-8-6-7-24(21-27)32(38)23-9-11-25(12-10-23)33(2,3)4/h6-21H,5,22H2,1-4H3,(H,35,37). The molecule has 9 heteroatoms. The van der Waals surface area contributed by atoms with Crippen LogP contribution >= 0.6 is 0 Å². The molecule has 4 aromatic carbocycles. The molecule has 7 nitrogen and oxygen atoms in total. The second-order valence-electron chi connectivity index (χ2n) is 10.7. The topological polar surface area (TPSA) is 92.8 Å². The van der Waals surface area contributed by atoms with Gasteiger partial charge in [0.2, 0.25) is 5.91 Å². The van der Waals surface area contributed by atoms with E-state index in [1.807, 2.05) is 19.1 Å². The number of rotatable bonds is 10. The number of benzene rings is 4. The first kappa shape index (κ1) is 30.5. The zero-order chi connectivity index (χ0) is 30.5. The average Bonchev–Trinajstić information content (AvgIpc) is 2.96. The maximum absolute atomic E-state index is 13.6. The third-order valence-electron chi connectivity index (χ3n) is 6.55. The first-order chi connectivity index (χ1) is 19.9. The van der Waals surface area contributed by atoms with Crippen molar-refractivity contribution in [3.05, 3.63) is 120 Å². The third-order valence-corrected chi connectivity index (χ3v) is 8.33. The summed E-state index contributed by atoms with van der Waals surface area (Å²) in [4.78, 5) is 26.3. The summed E-state index contributed by atoms with van der Waals surface area (Å²) in [5, 5.41) is 2.69. The van der Waals surface area contributed by atoms with Gasteiger partial charge in [-0.05, 0) is 78.6 Å². The molecular weight excluding hydrogens is 555 g/mol. The van der Waals surface area contributed by atoms with Gasteiger partial charge in [-0.3, -0.25) is 13.9 Å². The number of hydrogen-bond donors (Lipinski definition) is 1. The predicted octanol–water partition coefficient (Wildman–Crippen LogP) is 6.59. The van der Waals surface area contributed by atoms with Crippen LogP contribution in [0.25, 0.3) is 0 Å². The number of hydrogen-bond acceptors (Lipinski definition) is 5. The van der Waals surface area contributed by atoms with E-state index < -0.39 is 28.3 Å². The number of halogens is 1. The zero-order valence-corrected chi connectivity index (χ0v) is 24.7. The largest absolute Gasteiger partial charge is 0.494 e. The van der Waals surface area contributed by atoms with Crippen LogP contribution in [0, 0.1) is 5.82 Å². The average molecular weight is 589 g/mol. The number of carbonyl (C=O) groups excluding carboxylic acids is 2. The highest BCUT2D eigenvalue weighted by Crippen LogP contribution is 2.26. The van der Waals surface area contributed by atoms with E-state index in [1.54, 1.807) is 36.4 Å². The van der Waals surface area contributed by atoms with Crippen molar-refractivity contribution >= 4 is 33.1 Å². The van der Waals surface area contributed by atoms with Crippen LogP contribution in [0.15, 0.2) is 102 Å². The molecule has 0 aliphatic rings. The molecule has 0 aliphatic carbocycles. The predicted molar refractivity (Wildman–Crippen MR) is 162 cm³/mol. The van der Waals surface area contributed by atoms with E-state index in [0.29, 0.717) is 29.2 Å². The molecule has 0 fully saturated rings. The molecule has 0 saturated heterocycles. The van der Waals surface area contributed by atoms with Crippen molar-refractivity contribution in [2.24, 2.45) is 0 Å². The summed E-state index contributed by atoms with van der Waals surface area (Å²) in [6, 6.07) is 24.5. The summed E-state index contributed by atoms with van der Waals surface area (Å²) in [7, 11) is -4.22. The van der Waals surface area contributed by atoms with Crippen LogP contribution < -0.4 is 14.4 Å². The maximum atomic E-state index is 13.6. The Morgan fingerprint density at radius 1 is 0.857 bits per heavy atom. The van der Waals surface area contributed by atoms with Crippen LogP contribution in [0.5, 0.6) is 5.75 Å².